The van der Waals surface area contributed by atoms with Crippen molar-refractivity contribution < 1.29 is 9.47 Å². The molecular formula is C13H9ClN2O2. The van der Waals surface area contributed by atoms with E-state index in [9.17, 15) is 0 Å². The van der Waals surface area contributed by atoms with Gasteiger partial charge in [-0.15, -0.1) is 0 Å². The van der Waals surface area contributed by atoms with Gasteiger partial charge >= 0.3 is 0 Å². The Labute approximate surface area is 109 Å². The van der Waals surface area contributed by atoms with Crippen LogP contribution in [0.1, 0.15) is 5.56 Å². The molecule has 18 heavy (non-hydrogen) atoms. The minimum absolute atomic E-state index is 0.347. The quantitative estimate of drug-likeness (QED) is 0.794. The summed E-state index contributed by atoms with van der Waals surface area (Å²) >= 11 is 5.77. The van der Waals surface area contributed by atoms with Crippen molar-refractivity contribution in [3.63, 3.8) is 0 Å². The molecule has 2 rings (SSSR count). The van der Waals surface area contributed by atoms with Crippen LogP contribution in [0, 0.1) is 11.3 Å². The van der Waals surface area contributed by atoms with Crippen molar-refractivity contribution in [3.8, 4) is 23.3 Å². The number of hydrogen-bond donors (Lipinski definition) is 0. The molecule has 0 unspecified atom stereocenters. The fraction of sp³-hybridized carbons (Fsp3) is 0.0769. The first-order chi connectivity index (χ1) is 8.72. The Morgan fingerprint density at radius 3 is 2.72 bits per heavy atom. The van der Waals surface area contributed by atoms with Gasteiger partial charge in [0.2, 0.25) is 0 Å². The summed E-state index contributed by atoms with van der Waals surface area (Å²) in [4.78, 5) is 3.86. The summed E-state index contributed by atoms with van der Waals surface area (Å²) in [5, 5.41) is 9.15. The molecule has 0 saturated carbocycles. The van der Waals surface area contributed by atoms with Gasteiger partial charge in [-0.1, -0.05) is 11.6 Å². The lowest BCUT2D eigenvalue weighted by atomic mass is 10.2. The third kappa shape index (κ3) is 2.70. The molecule has 90 valence electrons. The van der Waals surface area contributed by atoms with Crippen LogP contribution in [0.25, 0.3) is 0 Å². The number of nitriles is 1. The molecule has 1 aromatic heterocycles. The zero-order valence-electron chi connectivity index (χ0n) is 9.55. The van der Waals surface area contributed by atoms with Crippen molar-refractivity contribution in [2.45, 2.75) is 0 Å². The Kier molecular flexibility index (Phi) is 3.66. The van der Waals surface area contributed by atoms with Crippen LogP contribution in [0.3, 0.4) is 0 Å². The van der Waals surface area contributed by atoms with E-state index in [0.717, 1.165) is 0 Å². The van der Waals surface area contributed by atoms with E-state index in [1.807, 2.05) is 6.07 Å². The van der Waals surface area contributed by atoms with Gasteiger partial charge in [-0.2, -0.15) is 5.26 Å². The van der Waals surface area contributed by atoms with Crippen LogP contribution >= 0.6 is 11.6 Å². The number of nitrogens with zero attached hydrogens (tertiary/aromatic N) is 2. The molecule has 5 heteroatoms. The normalized spacial score (nSPS) is 9.61. The monoisotopic (exact) mass is 260 g/mol. The van der Waals surface area contributed by atoms with Gasteiger partial charge in [0.25, 0.3) is 0 Å². The number of hydrogen-bond acceptors (Lipinski definition) is 4. The van der Waals surface area contributed by atoms with Crippen LogP contribution in [0.4, 0.5) is 0 Å². The van der Waals surface area contributed by atoms with Crippen LogP contribution in [0.2, 0.25) is 5.15 Å². The molecule has 0 fully saturated rings. The Balaban J connectivity index is 2.32. The van der Waals surface area contributed by atoms with E-state index in [0.29, 0.717) is 28.0 Å². The molecule has 0 aliphatic carbocycles. The van der Waals surface area contributed by atoms with Gasteiger partial charge in [-0.3, -0.25) is 0 Å². The smallest absolute Gasteiger partial charge is 0.169 e. The number of rotatable bonds is 3. The van der Waals surface area contributed by atoms with E-state index in [1.165, 1.54) is 7.11 Å². The van der Waals surface area contributed by atoms with E-state index in [2.05, 4.69) is 4.98 Å². The molecule has 1 heterocycles. The lowest BCUT2D eigenvalue weighted by Gasteiger charge is -2.10. The van der Waals surface area contributed by atoms with Gasteiger partial charge in [0.15, 0.2) is 11.5 Å². The predicted molar refractivity (Wildman–Crippen MR) is 67.0 cm³/mol. The van der Waals surface area contributed by atoms with Crippen molar-refractivity contribution in [1.29, 1.82) is 5.26 Å². The summed E-state index contributed by atoms with van der Waals surface area (Å²) in [6.45, 7) is 0. The van der Waals surface area contributed by atoms with Gasteiger partial charge in [0.05, 0.1) is 18.7 Å². The maximum Gasteiger partial charge on any atom is 0.169 e. The number of aromatic nitrogens is 1. The van der Waals surface area contributed by atoms with Crippen molar-refractivity contribution >= 4 is 11.6 Å². The third-order valence-corrected chi connectivity index (χ3v) is 2.43. The summed E-state index contributed by atoms with van der Waals surface area (Å²) < 4.78 is 10.8. The lowest BCUT2D eigenvalue weighted by Crippen LogP contribution is -1.91. The summed E-state index contributed by atoms with van der Waals surface area (Å²) in [5.74, 6) is 1.55. The topological polar surface area (TPSA) is 55.1 Å². The maximum absolute atomic E-state index is 8.80. The number of benzene rings is 1. The summed E-state index contributed by atoms with van der Waals surface area (Å²) in [7, 11) is 1.52. The van der Waals surface area contributed by atoms with Crippen LogP contribution in [0.15, 0.2) is 36.5 Å². The molecule has 2 aromatic rings. The zero-order valence-corrected chi connectivity index (χ0v) is 10.3. The molecular weight excluding hydrogens is 252 g/mol. The molecule has 0 amide bonds. The standard InChI is InChI=1S/C13H9ClN2O2/c1-17-12-6-9(8-15)2-3-11(12)18-10-4-5-16-13(14)7-10/h2-7H,1H3. The molecule has 0 atom stereocenters. The van der Waals surface area contributed by atoms with Gasteiger partial charge in [0, 0.05) is 18.3 Å². The number of halogens is 1. The maximum atomic E-state index is 8.80. The van der Waals surface area contributed by atoms with E-state index in [1.54, 1.807) is 36.5 Å². The highest BCUT2D eigenvalue weighted by Crippen LogP contribution is 2.32. The molecule has 1 aromatic carbocycles. The molecule has 0 N–H and O–H groups in total. The first-order valence-electron chi connectivity index (χ1n) is 5.10. The average Bonchev–Trinajstić information content (AvgIpc) is 2.39. The second-order valence-electron chi connectivity index (χ2n) is 3.39. The molecule has 0 aliphatic rings. The van der Waals surface area contributed by atoms with E-state index in [-0.39, 0.29) is 0 Å². The molecule has 0 bridgehead atoms. The first-order valence-corrected chi connectivity index (χ1v) is 5.48. The predicted octanol–water partition coefficient (Wildman–Crippen LogP) is 3.41. The first kappa shape index (κ1) is 12.2. The molecule has 0 saturated heterocycles. The number of methoxy groups -OCH3 is 1. The van der Waals surface area contributed by atoms with Crippen LogP contribution in [0.5, 0.6) is 17.2 Å². The van der Waals surface area contributed by atoms with Crippen LogP contribution in [-0.4, -0.2) is 12.1 Å². The third-order valence-electron chi connectivity index (χ3n) is 2.22. The summed E-state index contributed by atoms with van der Waals surface area (Å²) in [5.41, 5.74) is 0.506. The Morgan fingerprint density at radius 2 is 2.06 bits per heavy atom. The minimum Gasteiger partial charge on any atom is -0.493 e. The average molecular weight is 261 g/mol. The number of ether oxygens (including phenoxy) is 2. The minimum atomic E-state index is 0.347. The van der Waals surface area contributed by atoms with Crippen molar-refractivity contribution in [1.82, 2.24) is 4.98 Å². The molecule has 0 spiro atoms. The van der Waals surface area contributed by atoms with Crippen molar-refractivity contribution in [2.75, 3.05) is 7.11 Å². The Bertz CT molecular complexity index is 608. The van der Waals surface area contributed by atoms with E-state index >= 15 is 0 Å². The largest absolute Gasteiger partial charge is 0.493 e. The fourth-order valence-electron chi connectivity index (χ4n) is 1.40. The second-order valence-corrected chi connectivity index (χ2v) is 3.78. The fourth-order valence-corrected chi connectivity index (χ4v) is 1.56. The van der Waals surface area contributed by atoms with Gasteiger partial charge < -0.3 is 9.47 Å². The van der Waals surface area contributed by atoms with Crippen molar-refractivity contribution in [3.05, 3.63) is 47.2 Å². The molecule has 0 radical (unpaired) electrons. The van der Waals surface area contributed by atoms with Gasteiger partial charge in [-0.05, 0) is 18.2 Å². The highest BCUT2D eigenvalue weighted by Gasteiger charge is 2.07. The second kappa shape index (κ2) is 5.39. The summed E-state index contributed by atoms with van der Waals surface area (Å²) in [6.07, 6.45) is 1.55. The SMILES string of the molecule is COc1cc(C#N)ccc1Oc1ccnc(Cl)c1. The Hall–Kier alpha value is -2.25. The van der Waals surface area contributed by atoms with Gasteiger partial charge in [0.1, 0.15) is 10.9 Å². The highest BCUT2D eigenvalue weighted by atomic mass is 35.5. The zero-order chi connectivity index (χ0) is 13.0. The molecule has 4 nitrogen and oxygen atoms in total. The summed E-state index contributed by atoms with van der Waals surface area (Å²) in [6, 6.07) is 10.3. The van der Waals surface area contributed by atoms with Gasteiger partial charge in [-0.25, -0.2) is 4.98 Å². The van der Waals surface area contributed by atoms with Crippen LogP contribution < -0.4 is 9.47 Å². The van der Waals surface area contributed by atoms with E-state index < -0.39 is 0 Å². The molecule has 0 aliphatic heterocycles. The lowest BCUT2D eigenvalue weighted by molar-refractivity contribution is 0.378. The number of pyridine rings is 1. The Morgan fingerprint density at radius 1 is 1.22 bits per heavy atom. The van der Waals surface area contributed by atoms with Crippen molar-refractivity contribution in [2.24, 2.45) is 0 Å². The highest BCUT2D eigenvalue weighted by molar-refractivity contribution is 6.29. The van der Waals surface area contributed by atoms with Crippen LogP contribution in [-0.2, 0) is 0 Å². The van der Waals surface area contributed by atoms with E-state index in [4.69, 9.17) is 26.3 Å².